The van der Waals surface area contributed by atoms with Crippen LogP contribution in [0.5, 0.6) is 0 Å². The van der Waals surface area contributed by atoms with Crippen molar-refractivity contribution in [3.63, 3.8) is 0 Å². The average Bonchev–Trinajstić information content (AvgIpc) is 2.80. The van der Waals surface area contributed by atoms with Gasteiger partial charge in [-0.25, -0.2) is 0 Å². The highest BCUT2D eigenvalue weighted by atomic mass is 14.9. The van der Waals surface area contributed by atoms with E-state index in [9.17, 15) is 0 Å². The third-order valence-corrected chi connectivity index (χ3v) is 4.48. The van der Waals surface area contributed by atoms with E-state index < -0.39 is 0 Å². The minimum Gasteiger partial charge on any atom is -0.316 e. The molecule has 0 unspecified atom stereocenters. The Bertz CT molecular complexity index is 389. The van der Waals surface area contributed by atoms with E-state index in [-0.39, 0.29) is 0 Å². The van der Waals surface area contributed by atoms with Gasteiger partial charge in [-0.2, -0.15) is 0 Å². The van der Waals surface area contributed by atoms with Crippen molar-refractivity contribution in [1.29, 1.82) is 0 Å². The van der Waals surface area contributed by atoms with Gasteiger partial charge < -0.3 is 5.32 Å². The maximum atomic E-state index is 3.59. The highest BCUT2D eigenvalue weighted by Gasteiger charge is 2.33. The van der Waals surface area contributed by atoms with Crippen LogP contribution in [0.3, 0.4) is 0 Å². The molecule has 1 aromatic rings. The normalized spacial score (nSPS) is 18.2. The molecule has 1 N–H and O–H groups in total. The molecule has 0 amide bonds. The van der Waals surface area contributed by atoms with Crippen LogP contribution in [-0.4, -0.2) is 13.1 Å². The van der Waals surface area contributed by atoms with Crippen LogP contribution >= 0.6 is 0 Å². The van der Waals surface area contributed by atoms with Crippen LogP contribution < -0.4 is 5.32 Å². The molecule has 0 bridgehead atoms. The largest absolute Gasteiger partial charge is 0.316 e. The average molecular weight is 245 g/mol. The van der Waals surface area contributed by atoms with Gasteiger partial charge in [0.05, 0.1) is 0 Å². The SMILES string of the molecule is CCNCC1(Cc2cc(C)ccc2C)CCCC1. The summed E-state index contributed by atoms with van der Waals surface area (Å²) in [5.74, 6) is 0. The summed E-state index contributed by atoms with van der Waals surface area (Å²) < 4.78 is 0. The molecule has 1 saturated carbocycles. The zero-order valence-corrected chi connectivity index (χ0v) is 12.2. The van der Waals surface area contributed by atoms with Gasteiger partial charge in [-0.05, 0) is 56.2 Å². The molecule has 2 rings (SSSR count). The first-order valence-electron chi connectivity index (χ1n) is 7.42. The number of hydrogen-bond acceptors (Lipinski definition) is 1. The lowest BCUT2D eigenvalue weighted by Crippen LogP contribution is -2.34. The number of nitrogens with one attached hydrogen (secondary N) is 1. The third kappa shape index (κ3) is 3.14. The van der Waals surface area contributed by atoms with E-state index in [2.05, 4.69) is 44.3 Å². The van der Waals surface area contributed by atoms with Gasteiger partial charge in [0.2, 0.25) is 0 Å². The van der Waals surface area contributed by atoms with Gasteiger partial charge in [-0.1, -0.05) is 43.5 Å². The Morgan fingerprint density at radius 2 is 1.89 bits per heavy atom. The second-order valence-electron chi connectivity index (χ2n) is 6.09. The number of benzene rings is 1. The minimum absolute atomic E-state index is 0.522. The highest BCUT2D eigenvalue weighted by Crippen LogP contribution is 2.41. The quantitative estimate of drug-likeness (QED) is 0.826. The van der Waals surface area contributed by atoms with Crippen molar-refractivity contribution < 1.29 is 0 Å². The maximum Gasteiger partial charge on any atom is 0.00109 e. The molecule has 0 radical (unpaired) electrons. The Kier molecular flexibility index (Phi) is 4.45. The molecule has 0 aromatic heterocycles. The Morgan fingerprint density at radius 1 is 1.17 bits per heavy atom. The van der Waals surface area contributed by atoms with Crippen molar-refractivity contribution >= 4 is 0 Å². The van der Waals surface area contributed by atoms with E-state index in [1.54, 1.807) is 5.56 Å². The Morgan fingerprint density at radius 3 is 2.56 bits per heavy atom. The molecule has 0 heterocycles. The van der Waals surface area contributed by atoms with Gasteiger partial charge in [0.15, 0.2) is 0 Å². The standard InChI is InChI=1S/C17H27N/c1-4-18-13-17(9-5-6-10-17)12-16-11-14(2)7-8-15(16)3/h7-8,11,18H,4-6,9-10,12-13H2,1-3H3. The summed E-state index contributed by atoms with van der Waals surface area (Å²) >= 11 is 0. The fourth-order valence-electron chi connectivity index (χ4n) is 3.33. The topological polar surface area (TPSA) is 12.0 Å². The van der Waals surface area contributed by atoms with Crippen molar-refractivity contribution in [1.82, 2.24) is 5.32 Å². The molecule has 1 nitrogen and oxygen atoms in total. The predicted octanol–water partition coefficient (Wildman–Crippen LogP) is 4.02. The van der Waals surface area contributed by atoms with Crippen LogP contribution in [0.4, 0.5) is 0 Å². The summed E-state index contributed by atoms with van der Waals surface area (Å²) in [6.07, 6.45) is 6.88. The second kappa shape index (κ2) is 5.88. The zero-order valence-electron chi connectivity index (χ0n) is 12.2. The highest BCUT2D eigenvalue weighted by molar-refractivity contribution is 5.31. The van der Waals surface area contributed by atoms with Crippen LogP contribution in [0.2, 0.25) is 0 Å². The monoisotopic (exact) mass is 245 g/mol. The molecule has 0 saturated heterocycles. The molecule has 1 aromatic carbocycles. The fraction of sp³-hybridized carbons (Fsp3) is 0.647. The summed E-state index contributed by atoms with van der Waals surface area (Å²) in [5.41, 5.74) is 4.94. The lowest BCUT2D eigenvalue weighted by Gasteiger charge is -2.30. The minimum atomic E-state index is 0.522. The van der Waals surface area contributed by atoms with Gasteiger partial charge in [0.1, 0.15) is 0 Å². The van der Waals surface area contributed by atoms with Crippen LogP contribution in [0, 0.1) is 19.3 Å². The van der Waals surface area contributed by atoms with Crippen molar-refractivity contribution in [2.24, 2.45) is 5.41 Å². The molecule has 0 spiro atoms. The van der Waals surface area contributed by atoms with E-state index in [1.807, 2.05) is 0 Å². The van der Waals surface area contributed by atoms with Crippen LogP contribution in [0.1, 0.15) is 49.3 Å². The van der Waals surface area contributed by atoms with Gasteiger partial charge >= 0.3 is 0 Å². The van der Waals surface area contributed by atoms with Gasteiger partial charge in [-0.3, -0.25) is 0 Å². The number of hydrogen-bond donors (Lipinski definition) is 1. The summed E-state index contributed by atoms with van der Waals surface area (Å²) in [7, 11) is 0. The maximum absolute atomic E-state index is 3.59. The molecular weight excluding hydrogens is 218 g/mol. The fourth-order valence-corrected chi connectivity index (χ4v) is 3.33. The van der Waals surface area contributed by atoms with Gasteiger partial charge in [0.25, 0.3) is 0 Å². The predicted molar refractivity (Wildman–Crippen MR) is 79.1 cm³/mol. The first-order valence-corrected chi connectivity index (χ1v) is 7.42. The Hall–Kier alpha value is -0.820. The first-order chi connectivity index (χ1) is 8.65. The van der Waals surface area contributed by atoms with Gasteiger partial charge in [0, 0.05) is 6.54 Å². The van der Waals surface area contributed by atoms with Crippen molar-refractivity contribution in [3.05, 3.63) is 34.9 Å². The summed E-state index contributed by atoms with van der Waals surface area (Å²) in [4.78, 5) is 0. The van der Waals surface area contributed by atoms with Crippen molar-refractivity contribution in [2.45, 2.75) is 52.9 Å². The molecule has 1 heteroatoms. The third-order valence-electron chi connectivity index (χ3n) is 4.48. The first kappa shape index (κ1) is 13.6. The molecular formula is C17H27N. The molecule has 0 atom stereocenters. The van der Waals surface area contributed by atoms with Crippen LogP contribution in [0.25, 0.3) is 0 Å². The van der Waals surface area contributed by atoms with Crippen LogP contribution in [0.15, 0.2) is 18.2 Å². The van der Waals surface area contributed by atoms with E-state index in [0.29, 0.717) is 5.41 Å². The summed E-state index contributed by atoms with van der Waals surface area (Å²) in [6.45, 7) is 8.95. The Balaban J connectivity index is 2.15. The van der Waals surface area contributed by atoms with E-state index in [4.69, 9.17) is 0 Å². The molecule has 0 aliphatic heterocycles. The summed E-state index contributed by atoms with van der Waals surface area (Å²) in [5, 5.41) is 3.59. The van der Waals surface area contributed by atoms with Crippen LogP contribution in [-0.2, 0) is 6.42 Å². The van der Waals surface area contributed by atoms with E-state index in [1.165, 1.54) is 49.8 Å². The smallest absolute Gasteiger partial charge is 0.00109 e. The molecule has 1 aliphatic carbocycles. The lowest BCUT2D eigenvalue weighted by molar-refractivity contribution is 0.279. The number of rotatable bonds is 5. The molecule has 1 fully saturated rings. The van der Waals surface area contributed by atoms with E-state index >= 15 is 0 Å². The Labute approximate surface area is 112 Å². The molecule has 18 heavy (non-hydrogen) atoms. The number of aryl methyl sites for hydroxylation is 2. The van der Waals surface area contributed by atoms with E-state index in [0.717, 1.165) is 6.54 Å². The van der Waals surface area contributed by atoms with Crippen molar-refractivity contribution in [2.75, 3.05) is 13.1 Å². The van der Waals surface area contributed by atoms with Crippen molar-refractivity contribution in [3.8, 4) is 0 Å². The summed E-state index contributed by atoms with van der Waals surface area (Å²) in [6, 6.07) is 6.90. The van der Waals surface area contributed by atoms with Gasteiger partial charge in [-0.15, -0.1) is 0 Å². The zero-order chi connectivity index (χ0) is 13.0. The second-order valence-corrected chi connectivity index (χ2v) is 6.09. The molecule has 1 aliphatic rings. The molecule has 100 valence electrons. The lowest BCUT2D eigenvalue weighted by atomic mass is 9.78.